The molecule has 4 aromatic heterocycles. The molecule has 0 unspecified atom stereocenters. The van der Waals surface area contributed by atoms with Crippen LogP contribution in [0.2, 0.25) is 0 Å². The van der Waals surface area contributed by atoms with Crippen LogP contribution in [0.5, 0.6) is 11.5 Å². The summed E-state index contributed by atoms with van der Waals surface area (Å²) in [5.74, 6) is 2.79. The minimum absolute atomic E-state index is 0.254. The number of aromatic nitrogens is 5. The third-order valence-corrected chi connectivity index (χ3v) is 5.91. The van der Waals surface area contributed by atoms with Crippen LogP contribution in [-0.4, -0.2) is 38.8 Å². The molecule has 0 atom stereocenters. The molecule has 4 heterocycles. The van der Waals surface area contributed by atoms with Gasteiger partial charge in [-0.05, 0) is 29.8 Å². The molecule has 0 saturated heterocycles. The van der Waals surface area contributed by atoms with Crippen molar-refractivity contribution in [1.29, 1.82) is 5.26 Å². The normalized spacial score (nSPS) is 10.9. The SMILES string of the molecule is COc1ccc(CNc2ncc(-c3csc(CC#N)n3)c3nc(-c4ccco4)nn23)cc1OC. The van der Waals surface area contributed by atoms with Crippen molar-refractivity contribution >= 4 is 22.9 Å². The number of rotatable bonds is 8. The lowest BCUT2D eigenvalue weighted by molar-refractivity contribution is 0.354. The van der Waals surface area contributed by atoms with E-state index in [2.05, 4.69) is 26.5 Å². The molecule has 5 rings (SSSR count). The third-order valence-electron chi connectivity index (χ3n) is 5.06. The zero-order valence-electron chi connectivity index (χ0n) is 18.3. The van der Waals surface area contributed by atoms with E-state index < -0.39 is 0 Å². The van der Waals surface area contributed by atoms with Gasteiger partial charge in [0.15, 0.2) is 22.9 Å². The number of ether oxygens (including phenoxy) is 2. The van der Waals surface area contributed by atoms with E-state index in [1.54, 1.807) is 43.3 Å². The smallest absolute Gasteiger partial charge is 0.226 e. The number of nitrogens with one attached hydrogen (secondary N) is 1. The quantitative estimate of drug-likeness (QED) is 0.353. The fourth-order valence-electron chi connectivity index (χ4n) is 3.44. The van der Waals surface area contributed by atoms with Crippen molar-refractivity contribution in [3.63, 3.8) is 0 Å². The Kier molecular flexibility index (Phi) is 5.80. The molecule has 0 fully saturated rings. The maximum Gasteiger partial charge on any atom is 0.226 e. The zero-order chi connectivity index (χ0) is 23.5. The molecule has 0 aliphatic carbocycles. The van der Waals surface area contributed by atoms with E-state index in [0.29, 0.717) is 52.5 Å². The summed E-state index contributed by atoms with van der Waals surface area (Å²) in [7, 11) is 3.20. The first-order chi connectivity index (χ1) is 16.7. The molecule has 11 heteroatoms. The van der Waals surface area contributed by atoms with Gasteiger partial charge in [0.05, 0.1) is 44.2 Å². The van der Waals surface area contributed by atoms with E-state index in [9.17, 15) is 0 Å². The molecule has 0 radical (unpaired) electrons. The van der Waals surface area contributed by atoms with Crippen LogP contribution in [-0.2, 0) is 13.0 Å². The van der Waals surface area contributed by atoms with E-state index in [-0.39, 0.29) is 6.42 Å². The van der Waals surface area contributed by atoms with Crippen LogP contribution in [0.4, 0.5) is 5.95 Å². The van der Waals surface area contributed by atoms with Gasteiger partial charge in [0, 0.05) is 18.1 Å². The van der Waals surface area contributed by atoms with Crippen molar-refractivity contribution in [2.45, 2.75) is 13.0 Å². The highest BCUT2D eigenvalue weighted by atomic mass is 32.1. The first-order valence-corrected chi connectivity index (χ1v) is 11.1. The van der Waals surface area contributed by atoms with Gasteiger partial charge in [-0.2, -0.15) is 9.78 Å². The number of nitrogens with zero attached hydrogens (tertiary/aromatic N) is 6. The highest BCUT2D eigenvalue weighted by Crippen LogP contribution is 2.30. The fraction of sp³-hybridized carbons (Fsp3) is 0.174. The van der Waals surface area contributed by atoms with Crippen molar-refractivity contribution in [2.75, 3.05) is 19.5 Å². The monoisotopic (exact) mass is 473 g/mol. The Hall–Kier alpha value is -4.43. The number of hydrogen-bond acceptors (Lipinski definition) is 10. The summed E-state index contributed by atoms with van der Waals surface area (Å²) in [5, 5.41) is 19.5. The molecule has 0 spiro atoms. The van der Waals surface area contributed by atoms with Gasteiger partial charge in [0.2, 0.25) is 11.8 Å². The Morgan fingerprint density at radius 1 is 1.18 bits per heavy atom. The van der Waals surface area contributed by atoms with E-state index in [1.165, 1.54) is 11.3 Å². The van der Waals surface area contributed by atoms with E-state index >= 15 is 0 Å². The number of furan rings is 1. The van der Waals surface area contributed by atoms with E-state index in [4.69, 9.17) is 24.1 Å². The lowest BCUT2D eigenvalue weighted by Gasteiger charge is -2.11. The van der Waals surface area contributed by atoms with Crippen molar-refractivity contribution < 1.29 is 13.9 Å². The summed E-state index contributed by atoms with van der Waals surface area (Å²) in [5.41, 5.74) is 2.95. The van der Waals surface area contributed by atoms with Gasteiger partial charge in [-0.25, -0.2) is 15.0 Å². The summed E-state index contributed by atoms with van der Waals surface area (Å²) in [6, 6.07) is 11.4. The van der Waals surface area contributed by atoms with Crippen molar-refractivity contribution in [3.05, 3.63) is 58.7 Å². The van der Waals surface area contributed by atoms with Gasteiger partial charge in [-0.1, -0.05) is 6.07 Å². The highest BCUT2D eigenvalue weighted by Gasteiger charge is 2.18. The number of benzene rings is 1. The Balaban J connectivity index is 1.52. The second kappa shape index (κ2) is 9.21. The minimum Gasteiger partial charge on any atom is -0.493 e. The second-order valence-electron chi connectivity index (χ2n) is 7.15. The standard InChI is InChI=1S/C23H19N7O3S/c1-31-17-6-5-14(10-19(17)32-2)11-25-23-26-12-15(16-13-34-20(27-16)7-8-24)22-28-21(29-30(22)23)18-4-3-9-33-18/h3-6,9-10,12-13H,7,11H2,1-2H3,(H,25,26). The van der Waals surface area contributed by atoms with Crippen LogP contribution in [0, 0.1) is 11.3 Å². The summed E-state index contributed by atoms with van der Waals surface area (Å²) >= 11 is 1.43. The molecule has 1 N–H and O–H groups in total. The average Bonchev–Trinajstić information content (AvgIpc) is 3.63. The Morgan fingerprint density at radius 3 is 2.82 bits per heavy atom. The van der Waals surface area contributed by atoms with E-state index in [0.717, 1.165) is 10.6 Å². The maximum absolute atomic E-state index is 8.98. The molecular weight excluding hydrogens is 454 g/mol. The number of nitriles is 1. The maximum atomic E-state index is 8.98. The molecule has 0 bridgehead atoms. The molecule has 0 aliphatic rings. The van der Waals surface area contributed by atoms with Gasteiger partial charge in [0.25, 0.3) is 0 Å². The molecule has 34 heavy (non-hydrogen) atoms. The number of thiazole rings is 1. The summed E-state index contributed by atoms with van der Waals surface area (Å²) in [6.07, 6.45) is 3.53. The van der Waals surface area contributed by atoms with Crippen molar-refractivity contribution in [3.8, 4) is 40.4 Å². The summed E-state index contributed by atoms with van der Waals surface area (Å²) < 4.78 is 17.8. The first-order valence-electron chi connectivity index (χ1n) is 10.3. The Labute approximate surface area is 198 Å². The predicted octanol–water partition coefficient (Wildman–Crippen LogP) is 4.20. The fourth-order valence-corrected chi connectivity index (χ4v) is 4.17. The lowest BCUT2D eigenvalue weighted by Crippen LogP contribution is -2.08. The van der Waals surface area contributed by atoms with E-state index in [1.807, 2.05) is 23.6 Å². The third kappa shape index (κ3) is 4.02. The molecule has 0 amide bonds. The van der Waals surface area contributed by atoms with Crippen LogP contribution >= 0.6 is 11.3 Å². The predicted molar refractivity (Wildman–Crippen MR) is 126 cm³/mol. The van der Waals surface area contributed by atoms with Gasteiger partial charge < -0.3 is 19.2 Å². The second-order valence-corrected chi connectivity index (χ2v) is 8.09. The largest absolute Gasteiger partial charge is 0.493 e. The molecule has 1 aromatic carbocycles. The van der Waals surface area contributed by atoms with Crippen molar-refractivity contribution in [2.24, 2.45) is 0 Å². The van der Waals surface area contributed by atoms with Crippen LogP contribution in [0.15, 0.2) is 52.6 Å². The highest BCUT2D eigenvalue weighted by molar-refractivity contribution is 7.10. The number of hydrogen-bond donors (Lipinski definition) is 1. The molecule has 5 aromatic rings. The summed E-state index contributed by atoms with van der Waals surface area (Å²) in [4.78, 5) is 13.8. The molecule has 170 valence electrons. The molecule has 0 aliphatic heterocycles. The van der Waals surface area contributed by atoms with Crippen LogP contribution < -0.4 is 14.8 Å². The van der Waals surface area contributed by atoms with Crippen LogP contribution in [0.1, 0.15) is 10.6 Å². The topological polar surface area (TPSA) is 123 Å². The van der Waals surface area contributed by atoms with Gasteiger partial charge in [-0.15, -0.1) is 16.4 Å². The zero-order valence-corrected chi connectivity index (χ0v) is 19.2. The molecule has 0 saturated carbocycles. The number of fused-ring (bicyclic) bond motifs is 1. The number of anilines is 1. The molecular formula is C23H19N7O3S. The summed E-state index contributed by atoms with van der Waals surface area (Å²) in [6.45, 7) is 0.473. The van der Waals surface area contributed by atoms with Gasteiger partial charge >= 0.3 is 0 Å². The van der Waals surface area contributed by atoms with Crippen molar-refractivity contribution in [1.82, 2.24) is 24.6 Å². The Bertz CT molecular complexity index is 1480. The van der Waals surface area contributed by atoms with Crippen LogP contribution in [0.3, 0.4) is 0 Å². The Morgan fingerprint density at radius 2 is 2.06 bits per heavy atom. The first kappa shape index (κ1) is 21.4. The van der Waals surface area contributed by atoms with Gasteiger partial charge in [-0.3, -0.25) is 0 Å². The molecule has 10 nitrogen and oxygen atoms in total. The average molecular weight is 474 g/mol. The van der Waals surface area contributed by atoms with Gasteiger partial charge in [0.1, 0.15) is 5.01 Å². The van der Waals surface area contributed by atoms with Crippen LogP contribution in [0.25, 0.3) is 28.5 Å². The lowest BCUT2D eigenvalue weighted by atomic mass is 10.2. The number of methoxy groups -OCH3 is 2. The minimum atomic E-state index is 0.254.